The number of thiophene rings is 1. The first kappa shape index (κ1) is 13.2. The molecule has 0 saturated carbocycles. The molecule has 0 amide bonds. The molecule has 3 heteroatoms. The van der Waals surface area contributed by atoms with Crippen LogP contribution in [0.1, 0.15) is 21.5 Å². The molecule has 0 bridgehead atoms. The van der Waals surface area contributed by atoms with E-state index in [1.54, 1.807) is 11.3 Å². The molecule has 1 unspecified atom stereocenters. The van der Waals surface area contributed by atoms with Crippen LogP contribution in [0.15, 0.2) is 47.8 Å². The van der Waals surface area contributed by atoms with E-state index in [-0.39, 0.29) is 4.83 Å². The molecular weight excluding hydrogens is 340 g/mol. The Bertz CT molecular complexity index is 712. The summed E-state index contributed by atoms with van der Waals surface area (Å²) in [4.78, 5) is 0.182. The molecule has 1 heterocycles. The van der Waals surface area contributed by atoms with Crippen LogP contribution in [0.5, 0.6) is 0 Å². The van der Waals surface area contributed by atoms with E-state index in [9.17, 15) is 0 Å². The van der Waals surface area contributed by atoms with Gasteiger partial charge in [0.1, 0.15) is 0 Å². The SMILES string of the molecule is Cc1cc(Cl)cc(C(Br)c2csc3ccccc23)c1. The van der Waals surface area contributed by atoms with Crippen molar-refractivity contribution >= 4 is 49.0 Å². The normalized spacial score (nSPS) is 12.8. The summed E-state index contributed by atoms with van der Waals surface area (Å²) in [6.07, 6.45) is 0. The average Bonchev–Trinajstić information content (AvgIpc) is 2.80. The second-order valence-electron chi connectivity index (χ2n) is 4.61. The van der Waals surface area contributed by atoms with Gasteiger partial charge in [0.2, 0.25) is 0 Å². The lowest BCUT2D eigenvalue weighted by Crippen LogP contribution is -1.92. The van der Waals surface area contributed by atoms with Gasteiger partial charge in [-0.25, -0.2) is 0 Å². The molecule has 1 atom stereocenters. The van der Waals surface area contributed by atoms with Crippen molar-refractivity contribution in [3.8, 4) is 0 Å². The Morgan fingerprint density at radius 2 is 1.95 bits per heavy atom. The molecule has 3 aromatic rings. The number of fused-ring (bicyclic) bond motifs is 1. The van der Waals surface area contributed by atoms with Gasteiger partial charge in [-0.1, -0.05) is 51.8 Å². The summed E-state index contributed by atoms with van der Waals surface area (Å²) in [5.74, 6) is 0. The zero-order chi connectivity index (χ0) is 13.4. The molecule has 1 aromatic heterocycles. The van der Waals surface area contributed by atoms with E-state index in [0.29, 0.717) is 0 Å². The van der Waals surface area contributed by atoms with Crippen molar-refractivity contribution in [3.05, 3.63) is 69.6 Å². The summed E-state index contributed by atoms with van der Waals surface area (Å²) in [6.45, 7) is 2.07. The minimum absolute atomic E-state index is 0.182. The van der Waals surface area contributed by atoms with Crippen LogP contribution >= 0.6 is 38.9 Å². The Labute approximate surface area is 130 Å². The molecule has 0 spiro atoms. The maximum Gasteiger partial charge on any atom is 0.0659 e. The Balaban J connectivity index is 2.10. The van der Waals surface area contributed by atoms with Gasteiger partial charge in [0.25, 0.3) is 0 Å². The fourth-order valence-corrected chi connectivity index (χ4v) is 4.39. The number of aryl methyl sites for hydroxylation is 1. The first-order valence-electron chi connectivity index (χ1n) is 6.02. The van der Waals surface area contributed by atoms with E-state index in [2.05, 4.69) is 58.6 Å². The molecule has 0 N–H and O–H groups in total. The van der Waals surface area contributed by atoms with Gasteiger partial charge >= 0.3 is 0 Å². The molecule has 0 aliphatic heterocycles. The topological polar surface area (TPSA) is 0 Å². The van der Waals surface area contributed by atoms with Crippen LogP contribution in [-0.4, -0.2) is 0 Å². The second-order valence-corrected chi connectivity index (χ2v) is 6.88. The van der Waals surface area contributed by atoms with Crippen LogP contribution in [0, 0.1) is 6.92 Å². The zero-order valence-corrected chi connectivity index (χ0v) is 13.5. The van der Waals surface area contributed by atoms with E-state index < -0.39 is 0 Å². The highest BCUT2D eigenvalue weighted by Crippen LogP contribution is 2.39. The van der Waals surface area contributed by atoms with Gasteiger partial charge in [-0.15, -0.1) is 11.3 Å². The molecule has 0 nitrogen and oxygen atoms in total. The highest BCUT2D eigenvalue weighted by Gasteiger charge is 2.15. The van der Waals surface area contributed by atoms with Gasteiger partial charge in [-0.05, 0) is 52.6 Å². The van der Waals surface area contributed by atoms with E-state index >= 15 is 0 Å². The average molecular weight is 352 g/mol. The van der Waals surface area contributed by atoms with Crippen LogP contribution in [0.2, 0.25) is 5.02 Å². The molecule has 0 radical (unpaired) electrons. The molecule has 0 fully saturated rings. The van der Waals surface area contributed by atoms with Gasteiger partial charge < -0.3 is 0 Å². The summed E-state index contributed by atoms with van der Waals surface area (Å²) < 4.78 is 1.32. The van der Waals surface area contributed by atoms with Gasteiger partial charge in [0, 0.05) is 9.72 Å². The maximum absolute atomic E-state index is 6.16. The number of hydrogen-bond donors (Lipinski definition) is 0. The van der Waals surface area contributed by atoms with E-state index in [1.165, 1.54) is 26.8 Å². The fourth-order valence-electron chi connectivity index (χ4n) is 2.29. The fraction of sp³-hybridized carbons (Fsp3) is 0.125. The van der Waals surface area contributed by atoms with Crippen molar-refractivity contribution < 1.29 is 0 Å². The number of halogens is 2. The van der Waals surface area contributed by atoms with Gasteiger partial charge in [-0.3, -0.25) is 0 Å². The van der Waals surface area contributed by atoms with E-state index in [0.717, 1.165) is 5.02 Å². The lowest BCUT2D eigenvalue weighted by molar-refractivity contribution is 1.20. The highest BCUT2D eigenvalue weighted by molar-refractivity contribution is 9.09. The number of benzene rings is 2. The number of hydrogen-bond acceptors (Lipinski definition) is 1. The van der Waals surface area contributed by atoms with Gasteiger partial charge in [0.05, 0.1) is 4.83 Å². The summed E-state index contributed by atoms with van der Waals surface area (Å²) in [5.41, 5.74) is 3.70. The Morgan fingerprint density at radius 3 is 2.74 bits per heavy atom. The van der Waals surface area contributed by atoms with Crippen LogP contribution in [0.4, 0.5) is 0 Å². The smallest absolute Gasteiger partial charge is 0.0659 e. The third kappa shape index (κ3) is 2.58. The molecule has 2 aromatic carbocycles. The van der Waals surface area contributed by atoms with Crippen molar-refractivity contribution in [3.63, 3.8) is 0 Å². The lowest BCUT2D eigenvalue weighted by Gasteiger charge is -2.11. The lowest BCUT2D eigenvalue weighted by atomic mass is 10.0. The largest absolute Gasteiger partial charge is 0.143 e. The number of alkyl halides is 1. The van der Waals surface area contributed by atoms with Gasteiger partial charge in [-0.2, -0.15) is 0 Å². The maximum atomic E-state index is 6.16. The standard InChI is InChI=1S/C16H12BrClS/c1-10-6-11(8-12(18)7-10)16(17)14-9-19-15-5-3-2-4-13(14)15/h2-9,16H,1H3. The highest BCUT2D eigenvalue weighted by atomic mass is 79.9. The van der Waals surface area contributed by atoms with Crippen molar-refractivity contribution in [1.29, 1.82) is 0 Å². The molecule has 0 aliphatic carbocycles. The van der Waals surface area contributed by atoms with E-state index in [4.69, 9.17) is 11.6 Å². The van der Waals surface area contributed by atoms with Crippen molar-refractivity contribution in [2.45, 2.75) is 11.8 Å². The predicted molar refractivity (Wildman–Crippen MR) is 88.8 cm³/mol. The van der Waals surface area contributed by atoms with Crippen molar-refractivity contribution in [1.82, 2.24) is 0 Å². The molecule has 0 aliphatic rings. The van der Waals surface area contributed by atoms with Crippen molar-refractivity contribution in [2.75, 3.05) is 0 Å². The third-order valence-corrected chi connectivity index (χ3v) is 5.36. The summed E-state index contributed by atoms with van der Waals surface area (Å²) in [6, 6.07) is 14.7. The molecule has 19 heavy (non-hydrogen) atoms. The minimum atomic E-state index is 0.182. The first-order chi connectivity index (χ1) is 9.15. The molecule has 0 saturated heterocycles. The second kappa shape index (κ2) is 5.28. The van der Waals surface area contributed by atoms with Crippen LogP contribution < -0.4 is 0 Å². The monoisotopic (exact) mass is 350 g/mol. The Kier molecular flexibility index (Phi) is 3.66. The Morgan fingerprint density at radius 1 is 1.16 bits per heavy atom. The third-order valence-electron chi connectivity index (χ3n) is 3.14. The zero-order valence-electron chi connectivity index (χ0n) is 10.4. The summed E-state index contributed by atoms with van der Waals surface area (Å²) in [7, 11) is 0. The molecular formula is C16H12BrClS. The molecule has 3 rings (SSSR count). The minimum Gasteiger partial charge on any atom is -0.143 e. The predicted octanol–water partition coefficient (Wildman–Crippen LogP) is 6.35. The van der Waals surface area contributed by atoms with Crippen molar-refractivity contribution in [2.24, 2.45) is 0 Å². The summed E-state index contributed by atoms with van der Waals surface area (Å²) >= 11 is 11.7. The van der Waals surface area contributed by atoms with Crippen LogP contribution in [0.3, 0.4) is 0 Å². The molecule has 96 valence electrons. The Hall–Kier alpha value is -0.830. The van der Waals surface area contributed by atoms with Gasteiger partial charge in [0.15, 0.2) is 0 Å². The van der Waals surface area contributed by atoms with Crippen LogP contribution in [0.25, 0.3) is 10.1 Å². The first-order valence-corrected chi connectivity index (χ1v) is 8.20. The number of rotatable bonds is 2. The van der Waals surface area contributed by atoms with Crippen LogP contribution in [-0.2, 0) is 0 Å². The quantitative estimate of drug-likeness (QED) is 0.472. The van der Waals surface area contributed by atoms with E-state index in [1.807, 2.05) is 12.1 Å². The summed E-state index contributed by atoms with van der Waals surface area (Å²) in [5, 5.41) is 4.33.